The van der Waals surface area contributed by atoms with Gasteiger partial charge < -0.3 is 21.9 Å². The van der Waals surface area contributed by atoms with E-state index in [1.54, 1.807) is 12.1 Å². The van der Waals surface area contributed by atoms with Gasteiger partial charge in [0, 0.05) is 6.54 Å². The van der Waals surface area contributed by atoms with Gasteiger partial charge in [-0.3, -0.25) is 14.5 Å². The molecule has 3 aromatic rings. The number of rotatable bonds is 10. The number of carbonyl (C=O) groups excluding carboxylic acids is 1. The Labute approximate surface area is 193 Å². The molecule has 33 heavy (non-hydrogen) atoms. The Kier molecular flexibility index (Phi) is 7.40. The lowest BCUT2D eigenvalue weighted by Crippen LogP contribution is -2.41. The average Bonchev–Trinajstić information content (AvgIpc) is 3.24. The van der Waals surface area contributed by atoms with Gasteiger partial charge in [0.2, 0.25) is 0 Å². The van der Waals surface area contributed by atoms with E-state index in [9.17, 15) is 23.1 Å². The first-order valence-electron chi connectivity index (χ1n) is 9.61. The van der Waals surface area contributed by atoms with Gasteiger partial charge in [0.1, 0.15) is 22.0 Å². The summed E-state index contributed by atoms with van der Waals surface area (Å²) in [7, 11) is -4.12. The maximum Gasteiger partial charge on any atom is 0.326 e. The van der Waals surface area contributed by atoms with Crippen LogP contribution >= 0.6 is 11.7 Å². The standard InChI is InChI=1S/C19H21N7O5S2/c20-19(21)22-10-4-8-14(18(28)29)23-17(27)11-5-1-2-6-12(11)26-33(30,31)15-9-3-7-13-16(15)25-32-24-13/h1-3,5-7,9,14,26H,4,8,10H2,(H,23,27)(H,28,29)(H4,20,21,22)/t14-/m0/s1. The van der Waals surface area contributed by atoms with Crippen molar-refractivity contribution in [3.05, 3.63) is 48.0 Å². The molecule has 0 aliphatic rings. The van der Waals surface area contributed by atoms with Crippen LogP contribution in [0.5, 0.6) is 0 Å². The normalized spacial score (nSPS) is 12.1. The molecule has 0 fully saturated rings. The lowest BCUT2D eigenvalue weighted by atomic mass is 10.1. The summed E-state index contributed by atoms with van der Waals surface area (Å²) >= 11 is 0.883. The Morgan fingerprint density at radius 1 is 1.12 bits per heavy atom. The zero-order valence-electron chi connectivity index (χ0n) is 17.1. The van der Waals surface area contributed by atoms with Crippen LogP contribution in [0, 0.1) is 0 Å². The fourth-order valence-electron chi connectivity index (χ4n) is 2.97. The molecular weight excluding hydrogens is 470 g/mol. The molecule has 2 aromatic carbocycles. The molecule has 0 radical (unpaired) electrons. The van der Waals surface area contributed by atoms with Crippen LogP contribution in [0.1, 0.15) is 23.2 Å². The number of aliphatic imine (C=N–C) groups is 1. The molecule has 0 unspecified atom stereocenters. The molecule has 0 aliphatic carbocycles. The third-order valence-electron chi connectivity index (χ3n) is 4.50. The summed E-state index contributed by atoms with van der Waals surface area (Å²) in [5.74, 6) is -2.11. The minimum atomic E-state index is -4.12. The highest BCUT2D eigenvalue weighted by atomic mass is 32.2. The molecule has 7 N–H and O–H groups in total. The van der Waals surface area contributed by atoms with E-state index >= 15 is 0 Å². The van der Waals surface area contributed by atoms with E-state index in [1.165, 1.54) is 30.3 Å². The summed E-state index contributed by atoms with van der Waals surface area (Å²) in [5.41, 5.74) is 11.1. The number of aromatic nitrogens is 2. The van der Waals surface area contributed by atoms with Crippen molar-refractivity contribution in [3.63, 3.8) is 0 Å². The second-order valence-corrected chi connectivity index (χ2v) is 9.03. The van der Waals surface area contributed by atoms with Gasteiger partial charge >= 0.3 is 5.97 Å². The molecule has 0 bridgehead atoms. The maximum absolute atomic E-state index is 13.0. The monoisotopic (exact) mass is 491 g/mol. The van der Waals surface area contributed by atoms with E-state index in [1.807, 2.05) is 0 Å². The number of nitrogens with one attached hydrogen (secondary N) is 2. The highest BCUT2D eigenvalue weighted by molar-refractivity contribution is 7.93. The second-order valence-electron chi connectivity index (χ2n) is 6.85. The van der Waals surface area contributed by atoms with Gasteiger partial charge in [-0.2, -0.15) is 8.75 Å². The number of aliphatic carboxylic acids is 1. The molecular formula is C19H21N7O5S2. The summed E-state index contributed by atoms with van der Waals surface area (Å²) in [6.07, 6.45) is 0.389. The minimum Gasteiger partial charge on any atom is -0.480 e. The Morgan fingerprint density at radius 2 is 1.88 bits per heavy atom. The maximum atomic E-state index is 13.0. The number of sulfonamides is 1. The molecule has 12 nitrogen and oxygen atoms in total. The number of benzene rings is 2. The molecule has 1 amide bonds. The third kappa shape index (κ3) is 5.93. The fraction of sp³-hybridized carbons (Fsp3) is 0.211. The summed E-state index contributed by atoms with van der Waals surface area (Å²) in [6, 6.07) is 9.21. The molecule has 1 atom stereocenters. The molecule has 0 spiro atoms. The third-order valence-corrected chi connectivity index (χ3v) is 6.44. The van der Waals surface area contributed by atoms with Crippen LogP contribution in [-0.2, 0) is 14.8 Å². The van der Waals surface area contributed by atoms with Crippen LogP contribution in [0.2, 0.25) is 0 Å². The number of carboxylic acids is 1. The van der Waals surface area contributed by atoms with Crippen LogP contribution in [0.3, 0.4) is 0 Å². The van der Waals surface area contributed by atoms with E-state index < -0.39 is 27.9 Å². The van der Waals surface area contributed by atoms with Crippen molar-refractivity contribution in [1.82, 2.24) is 14.1 Å². The van der Waals surface area contributed by atoms with Crippen molar-refractivity contribution >= 4 is 56.3 Å². The van der Waals surface area contributed by atoms with Gasteiger partial charge in [0.25, 0.3) is 15.9 Å². The number of anilines is 1. The molecule has 0 saturated carbocycles. The van der Waals surface area contributed by atoms with Gasteiger partial charge in [-0.1, -0.05) is 18.2 Å². The lowest BCUT2D eigenvalue weighted by molar-refractivity contribution is -0.139. The molecule has 0 aliphatic heterocycles. The van der Waals surface area contributed by atoms with E-state index in [2.05, 4.69) is 23.8 Å². The van der Waals surface area contributed by atoms with Gasteiger partial charge in [0.15, 0.2) is 5.96 Å². The second kappa shape index (κ2) is 10.2. The molecule has 1 aromatic heterocycles. The number of nitrogens with two attached hydrogens (primary N) is 2. The Morgan fingerprint density at radius 3 is 2.61 bits per heavy atom. The van der Waals surface area contributed by atoms with Crippen molar-refractivity contribution < 1.29 is 23.1 Å². The van der Waals surface area contributed by atoms with Crippen molar-refractivity contribution in [2.24, 2.45) is 16.5 Å². The first-order valence-corrected chi connectivity index (χ1v) is 11.8. The Balaban J connectivity index is 1.80. The number of carbonyl (C=O) groups is 2. The van der Waals surface area contributed by atoms with Crippen LogP contribution in [0.4, 0.5) is 5.69 Å². The number of para-hydroxylation sites is 1. The van der Waals surface area contributed by atoms with E-state index in [-0.39, 0.29) is 40.6 Å². The predicted octanol–water partition coefficient (Wildman–Crippen LogP) is 0.729. The molecule has 14 heteroatoms. The van der Waals surface area contributed by atoms with Crippen LogP contribution in [-0.4, -0.2) is 52.7 Å². The summed E-state index contributed by atoms with van der Waals surface area (Å²) in [6.45, 7) is 0.204. The number of carboxylic acid groups (broad SMARTS) is 1. The summed E-state index contributed by atoms with van der Waals surface area (Å²) in [5, 5.41) is 11.8. The smallest absolute Gasteiger partial charge is 0.326 e. The van der Waals surface area contributed by atoms with Crippen molar-refractivity contribution in [3.8, 4) is 0 Å². The van der Waals surface area contributed by atoms with Gasteiger partial charge in [-0.25, -0.2) is 13.2 Å². The van der Waals surface area contributed by atoms with Crippen LogP contribution in [0.15, 0.2) is 52.4 Å². The van der Waals surface area contributed by atoms with Gasteiger partial charge in [0.05, 0.1) is 23.0 Å². The first-order chi connectivity index (χ1) is 15.7. The largest absolute Gasteiger partial charge is 0.480 e. The first kappa shape index (κ1) is 23.9. The van der Waals surface area contributed by atoms with E-state index in [4.69, 9.17) is 11.5 Å². The van der Waals surface area contributed by atoms with E-state index in [0.29, 0.717) is 11.9 Å². The average molecular weight is 492 g/mol. The van der Waals surface area contributed by atoms with Gasteiger partial charge in [-0.05, 0) is 37.1 Å². The fourth-order valence-corrected chi connectivity index (χ4v) is 4.81. The highest BCUT2D eigenvalue weighted by Gasteiger charge is 2.25. The number of fused-ring (bicyclic) bond motifs is 1. The zero-order valence-corrected chi connectivity index (χ0v) is 18.8. The summed E-state index contributed by atoms with van der Waals surface area (Å²) in [4.78, 5) is 28.1. The Hall–Kier alpha value is -3.78. The molecule has 1 heterocycles. The molecule has 3 rings (SSSR count). The molecule has 174 valence electrons. The number of hydrogen-bond donors (Lipinski definition) is 5. The summed E-state index contributed by atoms with van der Waals surface area (Å²) < 4.78 is 36.5. The Bertz CT molecular complexity index is 1300. The van der Waals surface area contributed by atoms with Crippen molar-refractivity contribution in [2.45, 2.75) is 23.8 Å². The SMILES string of the molecule is NC(N)=NCCC[C@H](NC(=O)c1ccccc1NS(=O)(=O)c1cccc2nsnc12)C(=O)O. The van der Waals surface area contributed by atoms with Gasteiger partial charge in [-0.15, -0.1) is 0 Å². The minimum absolute atomic E-state index is 0.0140. The number of guanidine groups is 1. The number of hydrogen-bond acceptors (Lipinski definition) is 8. The van der Waals surface area contributed by atoms with Crippen molar-refractivity contribution in [1.29, 1.82) is 0 Å². The number of amides is 1. The van der Waals surface area contributed by atoms with E-state index in [0.717, 1.165) is 11.7 Å². The zero-order chi connectivity index (χ0) is 24.0. The van der Waals surface area contributed by atoms with Crippen LogP contribution in [0.25, 0.3) is 11.0 Å². The topological polar surface area (TPSA) is 203 Å². The quantitative estimate of drug-likeness (QED) is 0.154. The lowest BCUT2D eigenvalue weighted by Gasteiger charge is -2.16. The molecule has 0 saturated heterocycles. The van der Waals surface area contributed by atoms with Crippen molar-refractivity contribution in [2.75, 3.05) is 11.3 Å². The highest BCUT2D eigenvalue weighted by Crippen LogP contribution is 2.25. The van der Waals surface area contributed by atoms with Crippen LogP contribution < -0.4 is 21.5 Å². The predicted molar refractivity (Wildman–Crippen MR) is 123 cm³/mol. The number of nitrogens with zero attached hydrogens (tertiary/aromatic N) is 3.